The van der Waals surface area contributed by atoms with E-state index in [-0.39, 0.29) is 4.90 Å². The van der Waals surface area contributed by atoms with Gasteiger partial charge in [-0.3, -0.25) is 10.00 Å². The summed E-state index contributed by atoms with van der Waals surface area (Å²) in [5, 5.41) is 5.24. The van der Waals surface area contributed by atoms with Crippen molar-refractivity contribution in [2.45, 2.75) is 24.2 Å². The Morgan fingerprint density at radius 3 is 2.15 bits per heavy atom. The smallest absolute Gasteiger partial charge is 0.291 e. The Morgan fingerprint density at radius 2 is 1.59 bits per heavy atom. The number of rotatable bonds is 4. The predicted molar refractivity (Wildman–Crippen MR) is 109 cm³/mol. The van der Waals surface area contributed by atoms with Gasteiger partial charge in [-0.05, 0) is 36.8 Å². The largest absolute Gasteiger partial charge is 0.435 e. The van der Waals surface area contributed by atoms with Gasteiger partial charge in [-0.15, -0.1) is 0 Å². The summed E-state index contributed by atoms with van der Waals surface area (Å²) in [4.78, 5) is 12.1. The highest BCUT2D eigenvalue weighted by molar-refractivity contribution is 7.90. The summed E-state index contributed by atoms with van der Waals surface area (Å²) in [6, 6.07) is 6.94. The number of anilines is 1. The number of alkyl halides is 6. The standard InChI is InChI=1S/C20H16F6N4O3S/c1-11-6-8-14(9-7-11)34(32,33)29-18(31)27-17-15(16(20(24,25)26)28-30(17)2)12-4-3-5-13(10-12)19(21,22)23/h3-10H,1-2H3,(H2,27,29,31). The van der Waals surface area contributed by atoms with Crippen molar-refractivity contribution in [3.8, 4) is 11.1 Å². The van der Waals surface area contributed by atoms with Crippen molar-refractivity contribution in [2.75, 3.05) is 5.32 Å². The fraction of sp³-hybridized carbons (Fsp3) is 0.200. The maximum atomic E-state index is 13.6. The third kappa shape index (κ3) is 5.32. The molecule has 0 aliphatic heterocycles. The number of halogens is 6. The number of amides is 2. The number of hydrogen-bond donors (Lipinski definition) is 2. The summed E-state index contributed by atoms with van der Waals surface area (Å²) in [5.74, 6) is -0.664. The van der Waals surface area contributed by atoms with E-state index in [1.165, 1.54) is 24.3 Å². The Labute approximate surface area is 189 Å². The Kier molecular flexibility index (Phi) is 6.39. The zero-order valence-electron chi connectivity index (χ0n) is 17.4. The molecule has 2 amide bonds. The molecule has 1 heterocycles. The van der Waals surface area contributed by atoms with E-state index in [9.17, 15) is 39.6 Å². The van der Waals surface area contributed by atoms with Gasteiger partial charge in [-0.25, -0.2) is 17.9 Å². The first-order valence-electron chi connectivity index (χ1n) is 9.32. The molecule has 0 bridgehead atoms. The van der Waals surface area contributed by atoms with Crippen molar-refractivity contribution in [3.63, 3.8) is 0 Å². The van der Waals surface area contributed by atoms with Crippen LogP contribution in [0.4, 0.5) is 37.0 Å². The minimum absolute atomic E-state index is 0.285. The lowest BCUT2D eigenvalue weighted by molar-refractivity contribution is -0.141. The minimum Gasteiger partial charge on any atom is -0.291 e. The van der Waals surface area contributed by atoms with Crippen LogP contribution in [-0.4, -0.2) is 24.2 Å². The zero-order chi connectivity index (χ0) is 25.5. The molecule has 2 aromatic carbocycles. The molecule has 0 unspecified atom stereocenters. The molecule has 0 aliphatic rings. The first-order valence-corrected chi connectivity index (χ1v) is 10.8. The highest BCUT2D eigenvalue weighted by atomic mass is 32.2. The molecule has 7 nitrogen and oxygen atoms in total. The lowest BCUT2D eigenvalue weighted by Crippen LogP contribution is -2.35. The average molecular weight is 506 g/mol. The second kappa shape index (κ2) is 8.66. The van der Waals surface area contributed by atoms with Gasteiger partial charge in [0.25, 0.3) is 10.0 Å². The quantitative estimate of drug-likeness (QED) is 0.490. The van der Waals surface area contributed by atoms with Gasteiger partial charge in [0.05, 0.1) is 16.0 Å². The number of carbonyl (C=O) groups is 1. The summed E-state index contributed by atoms with van der Waals surface area (Å²) in [7, 11) is -3.39. The maximum Gasteiger partial charge on any atom is 0.435 e. The third-order valence-corrected chi connectivity index (χ3v) is 5.93. The van der Waals surface area contributed by atoms with Crippen molar-refractivity contribution in [2.24, 2.45) is 7.05 Å². The number of benzene rings is 2. The number of carbonyl (C=O) groups excluding carboxylic acids is 1. The number of aryl methyl sites for hydroxylation is 2. The van der Waals surface area contributed by atoms with Crippen molar-refractivity contribution in [3.05, 3.63) is 65.4 Å². The van der Waals surface area contributed by atoms with Crippen molar-refractivity contribution in [1.82, 2.24) is 14.5 Å². The molecule has 0 atom stereocenters. The first-order chi connectivity index (χ1) is 15.6. The van der Waals surface area contributed by atoms with Crippen LogP contribution >= 0.6 is 0 Å². The lowest BCUT2D eigenvalue weighted by atomic mass is 10.0. The summed E-state index contributed by atoms with van der Waals surface area (Å²) in [6.45, 7) is 1.70. The van der Waals surface area contributed by atoms with Crippen LogP contribution < -0.4 is 10.0 Å². The molecule has 34 heavy (non-hydrogen) atoms. The van der Waals surface area contributed by atoms with Gasteiger partial charge in [0.15, 0.2) is 5.69 Å². The number of aromatic nitrogens is 2. The Hall–Kier alpha value is -3.55. The van der Waals surface area contributed by atoms with Gasteiger partial charge in [0.2, 0.25) is 0 Å². The molecular formula is C20H16F6N4O3S. The van der Waals surface area contributed by atoms with E-state index in [2.05, 4.69) is 5.10 Å². The molecule has 0 spiro atoms. The molecule has 182 valence electrons. The van der Waals surface area contributed by atoms with Crippen molar-refractivity contribution in [1.29, 1.82) is 0 Å². The number of urea groups is 1. The van der Waals surface area contributed by atoms with Crippen LogP contribution in [0.3, 0.4) is 0 Å². The van der Waals surface area contributed by atoms with Crippen LogP contribution in [0.15, 0.2) is 53.4 Å². The summed E-state index contributed by atoms with van der Waals surface area (Å²) in [5.41, 5.74) is -3.44. The molecule has 3 rings (SSSR count). The Balaban J connectivity index is 2.03. The molecule has 0 aliphatic carbocycles. The SMILES string of the molecule is Cc1ccc(S(=O)(=O)NC(=O)Nc2c(-c3cccc(C(F)(F)F)c3)c(C(F)(F)F)nn2C)cc1. The molecule has 0 saturated carbocycles. The number of nitrogens with one attached hydrogen (secondary N) is 2. The van der Waals surface area contributed by atoms with Crippen LogP contribution in [0.25, 0.3) is 11.1 Å². The van der Waals surface area contributed by atoms with Crippen LogP contribution in [-0.2, 0) is 29.4 Å². The number of nitrogens with zero attached hydrogens (tertiary/aromatic N) is 2. The van der Waals surface area contributed by atoms with Crippen molar-refractivity contribution >= 4 is 21.9 Å². The van der Waals surface area contributed by atoms with E-state index in [0.29, 0.717) is 16.8 Å². The van der Waals surface area contributed by atoms with Crippen LogP contribution in [0.5, 0.6) is 0 Å². The molecular weight excluding hydrogens is 490 g/mol. The maximum absolute atomic E-state index is 13.6. The minimum atomic E-state index is -5.09. The zero-order valence-corrected chi connectivity index (χ0v) is 18.2. The monoisotopic (exact) mass is 506 g/mol. The molecule has 14 heteroatoms. The normalized spacial score (nSPS) is 12.5. The first kappa shape index (κ1) is 25.1. The van der Waals surface area contributed by atoms with Gasteiger partial charge < -0.3 is 0 Å². The second-order valence-corrected chi connectivity index (χ2v) is 8.83. The van der Waals surface area contributed by atoms with Crippen LogP contribution in [0.2, 0.25) is 0 Å². The van der Waals surface area contributed by atoms with E-state index >= 15 is 0 Å². The summed E-state index contributed by atoms with van der Waals surface area (Å²) in [6.07, 6.45) is -9.94. The highest BCUT2D eigenvalue weighted by Crippen LogP contribution is 2.42. The molecule has 0 radical (unpaired) electrons. The summed E-state index contributed by atoms with van der Waals surface area (Å²) >= 11 is 0. The highest BCUT2D eigenvalue weighted by Gasteiger charge is 2.40. The topological polar surface area (TPSA) is 93.1 Å². The average Bonchev–Trinajstić information content (AvgIpc) is 3.04. The van der Waals surface area contributed by atoms with Crippen LogP contribution in [0.1, 0.15) is 16.8 Å². The molecule has 2 N–H and O–H groups in total. The molecule has 3 aromatic rings. The van der Waals surface area contributed by atoms with E-state index < -0.39 is 56.6 Å². The van der Waals surface area contributed by atoms with E-state index in [1.54, 1.807) is 11.6 Å². The predicted octanol–water partition coefficient (Wildman–Crippen LogP) is 4.94. The van der Waals surface area contributed by atoms with E-state index in [4.69, 9.17) is 0 Å². The van der Waals surface area contributed by atoms with Gasteiger partial charge in [-0.2, -0.15) is 31.4 Å². The molecule has 1 aromatic heterocycles. The van der Waals surface area contributed by atoms with Crippen molar-refractivity contribution < 1.29 is 39.6 Å². The van der Waals surface area contributed by atoms with Gasteiger partial charge in [-0.1, -0.05) is 29.8 Å². The van der Waals surface area contributed by atoms with Crippen LogP contribution in [0, 0.1) is 6.92 Å². The molecule has 0 saturated heterocycles. The number of sulfonamides is 1. The summed E-state index contributed by atoms with van der Waals surface area (Å²) < 4.78 is 107. The Morgan fingerprint density at radius 1 is 0.971 bits per heavy atom. The fourth-order valence-electron chi connectivity index (χ4n) is 3.02. The van der Waals surface area contributed by atoms with Gasteiger partial charge in [0.1, 0.15) is 5.82 Å². The van der Waals surface area contributed by atoms with E-state index in [1.807, 2.05) is 5.32 Å². The second-order valence-electron chi connectivity index (χ2n) is 7.14. The van der Waals surface area contributed by atoms with Gasteiger partial charge >= 0.3 is 18.4 Å². The fourth-order valence-corrected chi connectivity index (χ4v) is 3.93. The lowest BCUT2D eigenvalue weighted by Gasteiger charge is -2.13. The number of hydrogen-bond acceptors (Lipinski definition) is 4. The van der Waals surface area contributed by atoms with E-state index in [0.717, 1.165) is 24.7 Å². The third-order valence-electron chi connectivity index (χ3n) is 4.58. The molecule has 0 fully saturated rings. The van der Waals surface area contributed by atoms with Gasteiger partial charge in [0, 0.05) is 7.05 Å². The Bertz CT molecular complexity index is 1330.